The molecule has 0 unspecified atom stereocenters. The first-order valence-corrected chi connectivity index (χ1v) is 9.47. The second-order valence-electron chi connectivity index (χ2n) is 6.83. The van der Waals surface area contributed by atoms with Crippen LogP contribution in [0.5, 0.6) is 0 Å². The molecule has 1 N–H and O–H groups in total. The van der Waals surface area contributed by atoms with Crippen molar-refractivity contribution in [2.75, 3.05) is 6.54 Å². The van der Waals surface area contributed by atoms with Crippen LogP contribution in [0.3, 0.4) is 0 Å². The van der Waals surface area contributed by atoms with E-state index in [1.54, 1.807) is 6.07 Å². The molecule has 1 fully saturated rings. The van der Waals surface area contributed by atoms with Gasteiger partial charge in [0.05, 0.1) is 12.3 Å². The molecule has 1 aromatic heterocycles. The van der Waals surface area contributed by atoms with Gasteiger partial charge in [0.1, 0.15) is 0 Å². The van der Waals surface area contributed by atoms with Crippen molar-refractivity contribution in [1.82, 2.24) is 4.90 Å². The molecule has 0 spiro atoms. The van der Waals surface area contributed by atoms with Crippen molar-refractivity contribution in [2.24, 2.45) is 0 Å². The third-order valence-electron chi connectivity index (χ3n) is 4.77. The number of carboxylic acid groups (broad SMARTS) is 1. The molecular formula is C21H29NO4. The highest BCUT2D eigenvalue weighted by molar-refractivity contribution is 5.86. The maximum atomic E-state index is 12.2. The van der Waals surface area contributed by atoms with E-state index in [1.807, 2.05) is 4.90 Å². The molecule has 0 aromatic carbocycles. The van der Waals surface area contributed by atoms with Crippen LogP contribution in [-0.4, -0.2) is 34.5 Å². The summed E-state index contributed by atoms with van der Waals surface area (Å²) in [7, 11) is 0. The number of nitrogens with zero attached hydrogens (tertiary/aromatic N) is 1. The van der Waals surface area contributed by atoms with Gasteiger partial charge in [-0.1, -0.05) is 43.6 Å². The van der Waals surface area contributed by atoms with E-state index in [-0.39, 0.29) is 17.7 Å². The van der Waals surface area contributed by atoms with Gasteiger partial charge in [0.25, 0.3) is 0 Å². The number of amides is 1. The predicted molar refractivity (Wildman–Crippen MR) is 101 cm³/mol. The monoisotopic (exact) mass is 359 g/mol. The molecular weight excluding hydrogens is 330 g/mol. The summed E-state index contributed by atoms with van der Waals surface area (Å²) in [5.41, 5.74) is 1.92. The highest BCUT2D eigenvalue weighted by atomic mass is 16.4. The number of carboxylic acids is 1. The van der Waals surface area contributed by atoms with Crippen LogP contribution in [0.25, 0.3) is 0 Å². The van der Waals surface area contributed by atoms with Crippen LogP contribution in [0.2, 0.25) is 0 Å². The predicted octanol–water partition coefficient (Wildman–Crippen LogP) is 4.59. The molecule has 1 aromatic rings. The second kappa shape index (κ2) is 10.00. The van der Waals surface area contributed by atoms with Crippen molar-refractivity contribution < 1.29 is 19.1 Å². The fourth-order valence-electron chi connectivity index (χ4n) is 3.27. The third-order valence-corrected chi connectivity index (χ3v) is 4.77. The van der Waals surface area contributed by atoms with Crippen LogP contribution in [-0.2, 0) is 11.2 Å². The molecule has 26 heavy (non-hydrogen) atoms. The van der Waals surface area contributed by atoms with E-state index in [1.165, 1.54) is 24.7 Å². The van der Waals surface area contributed by atoms with Crippen LogP contribution in [0, 0.1) is 0 Å². The molecule has 2 heterocycles. The summed E-state index contributed by atoms with van der Waals surface area (Å²) in [4.78, 5) is 25.2. The van der Waals surface area contributed by atoms with Gasteiger partial charge < -0.3 is 14.4 Å². The number of aromatic carboxylic acids is 1. The van der Waals surface area contributed by atoms with Crippen LogP contribution < -0.4 is 0 Å². The van der Waals surface area contributed by atoms with Crippen LogP contribution in [0.1, 0.15) is 68.5 Å². The number of hydrogen-bond acceptors (Lipinski definition) is 3. The Kier molecular flexibility index (Phi) is 7.70. The average molecular weight is 359 g/mol. The first kappa shape index (κ1) is 20.0. The van der Waals surface area contributed by atoms with Gasteiger partial charge in [0, 0.05) is 18.5 Å². The smallest absolute Gasteiger partial charge is 0.372 e. The number of hydrogen-bond donors (Lipinski definition) is 1. The quantitative estimate of drug-likeness (QED) is 0.490. The molecule has 1 atom stereocenters. The van der Waals surface area contributed by atoms with E-state index in [0.717, 1.165) is 19.3 Å². The Hall–Kier alpha value is -2.30. The molecule has 1 aliphatic rings. The van der Waals surface area contributed by atoms with Gasteiger partial charge in [-0.3, -0.25) is 4.79 Å². The van der Waals surface area contributed by atoms with Gasteiger partial charge in [-0.25, -0.2) is 4.79 Å². The summed E-state index contributed by atoms with van der Waals surface area (Å²) in [5, 5.41) is 9.08. The largest absolute Gasteiger partial charge is 0.475 e. The number of unbranched alkanes of at least 4 members (excludes halogenated alkanes) is 2. The summed E-state index contributed by atoms with van der Waals surface area (Å²) in [5.74, 6) is -0.867. The van der Waals surface area contributed by atoms with Crippen LogP contribution in [0.4, 0.5) is 0 Å². The second-order valence-corrected chi connectivity index (χ2v) is 6.83. The average Bonchev–Trinajstić information content (AvgIpc) is 3.21. The van der Waals surface area contributed by atoms with E-state index in [2.05, 4.69) is 32.1 Å². The summed E-state index contributed by atoms with van der Waals surface area (Å²) < 4.78 is 5.00. The Balaban J connectivity index is 1.88. The summed E-state index contributed by atoms with van der Waals surface area (Å²) in [6.45, 7) is 4.92. The van der Waals surface area contributed by atoms with Crippen molar-refractivity contribution in [1.29, 1.82) is 0 Å². The molecule has 5 nitrogen and oxygen atoms in total. The summed E-state index contributed by atoms with van der Waals surface area (Å²) >= 11 is 0. The van der Waals surface area contributed by atoms with Crippen molar-refractivity contribution in [3.05, 3.63) is 47.5 Å². The molecule has 5 heteroatoms. The number of carbonyl (C=O) groups excluding carboxylic acids is 1. The molecule has 0 bridgehead atoms. The maximum Gasteiger partial charge on any atom is 0.372 e. The zero-order valence-corrected chi connectivity index (χ0v) is 15.7. The molecule has 0 saturated carbocycles. The highest BCUT2D eigenvalue weighted by Gasteiger charge is 2.28. The van der Waals surface area contributed by atoms with E-state index < -0.39 is 5.97 Å². The molecule has 1 saturated heterocycles. The summed E-state index contributed by atoms with van der Waals surface area (Å²) in [6, 6.07) is 1.83. The lowest BCUT2D eigenvalue weighted by molar-refractivity contribution is -0.128. The Morgan fingerprint density at radius 1 is 1.42 bits per heavy atom. The lowest BCUT2D eigenvalue weighted by atomic mass is 10.1. The minimum Gasteiger partial charge on any atom is -0.475 e. The Morgan fingerprint density at radius 3 is 2.96 bits per heavy atom. The molecule has 2 rings (SSSR count). The molecule has 0 radical (unpaired) electrons. The lowest BCUT2D eigenvalue weighted by Gasteiger charge is -2.22. The molecule has 1 amide bonds. The number of allylic oxidation sites excluding steroid dienone is 3. The highest BCUT2D eigenvalue weighted by Crippen LogP contribution is 2.22. The first-order chi connectivity index (χ1) is 12.5. The van der Waals surface area contributed by atoms with Gasteiger partial charge in [-0.15, -0.1) is 0 Å². The minimum absolute atomic E-state index is 0.00188. The molecule has 1 aliphatic heterocycles. The Bertz CT molecular complexity index is 671. The van der Waals surface area contributed by atoms with Crippen molar-refractivity contribution in [2.45, 2.75) is 64.8 Å². The lowest BCUT2D eigenvalue weighted by Crippen LogP contribution is -2.32. The van der Waals surface area contributed by atoms with Gasteiger partial charge in [0.15, 0.2) is 0 Å². The standard InChI is InChI=1S/C21H29NO4/c1-3-4-5-7-16(2)9-10-18-11-12-19(23)22(18)14-6-8-17-13-15-26-20(17)21(24)25/h7,9-10,13,15,18H,3-6,8,11-12,14H2,1-2H3,(H,24,25)/b10-9+,16-7+/t18-/m0/s1. The molecule has 0 aliphatic carbocycles. The molecule has 142 valence electrons. The SMILES string of the molecule is CCCC/C=C(C)/C=C/[C@H]1CCC(=O)N1CCCc1ccoc1C(=O)O. The Morgan fingerprint density at radius 2 is 2.23 bits per heavy atom. The topological polar surface area (TPSA) is 70.8 Å². The van der Waals surface area contributed by atoms with Crippen molar-refractivity contribution in [3.63, 3.8) is 0 Å². The number of aryl methyl sites for hydroxylation is 1. The maximum absolute atomic E-state index is 12.2. The van der Waals surface area contributed by atoms with E-state index in [9.17, 15) is 9.59 Å². The third kappa shape index (κ3) is 5.61. The first-order valence-electron chi connectivity index (χ1n) is 9.47. The minimum atomic E-state index is -1.05. The number of likely N-dealkylation sites (tertiary alicyclic amines) is 1. The Labute approximate surface area is 155 Å². The van der Waals surface area contributed by atoms with Gasteiger partial charge in [0.2, 0.25) is 11.7 Å². The number of rotatable bonds is 10. The zero-order valence-electron chi connectivity index (χ0n) is 15.7. The van der Waals surface area contributed by atoms with E-state index in [4.69, 9.17) is 9.52 Å². The van der Waals surface area contributed by atoms with Gasteiger partial charge >= 0.3 is 5.97 Å². The van der Waals surface area contributed by atoms with E-state index >= 15 is 0 Å². The zero-order chi connectivity index (χ0) is 18.9. The van der Waals surface area contributed by atoms with Gasteiger partial charge in [-0.2, -0.15) is 0 Å². The number of carbonyl (C=O) groups is 2. The van der Waals surface area contributed by atoms with Crippen LogP contribution >= 0.6 is 0 Å². The summed E-state index contributed by atoms with van der Waals surface area (Å²) in [6.07, 6.45) is 14.1. The number of furan rings is 1. The van der Waals surface area contributed by atoms with Crippen LogP contribution in [0.15, 0.2) is 40.5 Å². The van der Waals surface area contributed by atoms with Crippen molar-refractivity contribution in [3.8, 4) is 0 Å². The normalized spacial score (nSPS) is 18.2. The van der Waals surface area contributed by atoms with Crippen molar-refractivity contribution >= 4 is 11.9 Å². The van der Waals surface area contributed by atoms with E-state index in [0.29, 0.717) is 24.9 Å². The fraction of sp³-hybridized carbons (Fsp3) is 0.524. The fourth-order valence-corrected chi connectivity index (χ4v) is 3.27. The van der Waals surface area contributed by atoms with Gasteiger partial charge in [-0.05, 0) is 38.7 Å².